The van der Waals surface area contributed by atoms with Crippen molar-refractivity contribution in [1.29, 1.82) is 0 Å². The summed E-state index contributed by atoms with van der Waals surface area (Å²) in [5, 5.41) is 2.99. The Bertz CT molecular complexity index is 623. The first-order valence-corrected chi connectivity index (χ1v) is 6.40. The van der Waals surface area contributed by atoms with Gasteiger partial charge in [-0.2, -0.15) is 13.2 Å². The molecule has 1 aromatic carbocycles. The van der Waals surface area contributed by atoms with E-state index < -0.39 is 11.9 Å². The van der Waals surface area contributed by atoms with Crippen molar-refractivity contribution in [3.8, 4) is 0 Å². The van der Waals surface area contributed by atoms with Crippen molar-refractivity contribution >= 4 is 5.82 Å². The highest BCUT2D eigenvalue weighted by Crippen LogP contribution is 2.35. The van der Waals surface area contributed by atoms with Gasteiger partial charge in [0.1, 0.15) is 11.5 Å². The van der Waals surface area contributed by atoms with Gasteiger partial charge in [0.05, 0.1) is 0 Å². The first-order chi connectivity index (χ1) is 9.54. The minimum atomic E-state index is -4.40. The largest absolute Gasteiger partial charge is 0.433 e. The predicted molar refractivity (Wildman–Crippen MR) is 70.6 cm³/mol. The van der Waals surface area contributed by atoms with Gasteiger partial charge in [0, 0.05) is 12.5 Å². The van der Waals surface area contributed by atoms with E-state index in [1.54, 1.807) is 6.07 Å². The van der Waals surface area contributed by atoms with Crippen molar-refractivity contribution in [3.63, 3.8) is 0 Å². The van der Waals surface area contributed by atoms with Gasteiger partial charge in [0.25, 0.3) is 0 Å². The van der Waals surface area contributed by atoms with Gasteiger partial charge in [-0.3, -0.25) is 0 Å². The molecule has 1 aliphatic carbocycles. The van der Waals surface area contributed by atoms with Crippen molar-refractivity contribution in [2.24, 2.45) is 0 Å². The molecular weight excluding hydrogens is 265 g/mol. The summed E-state index contributed by atoms with van der Waals surface area (Å²) in [6.45, 7) is 0.603. The Morgan fingerprint density at radius 1 is 1.10 bits per heavy atom. The van der Waals surface area contributed by atoms with E-state index >= 15 is 0 Å². The highest BCUT2D eigenvalue weighted by molar-refractivity contribution is 5.43. The van der Waals surface area contributed by atoms with Crippen molar-refractivity contribution in [1.82, 2.24) is 4.98 Å². The third kappa shape index (κ3) is 2.48. The summed E-state index contributed by atoms with van der Waals surface area (Å²) < 4.78 is 37.7. The van der Waals surface area contributed by atoms with Crippen LogP contribution in [-0.2, 0) is 12.6 Å². The van der Waals surface area contributed by atoms with Gasteiger partial charge in [-0.25, -0.2) is 4.98 Å². The van der Waals surface area contributed by atoms with Gasteiger partial charge in [-0.1, -0.05) is 30.3 Å². The fraction of sp³-hybridized carbons (Fsp3) is 0.267. The Morgan fingerprint density at radius 3 is 2.65 bits per heavy atom. The Hall–Kier alpha value is -2.04. The van der Waals surface area contributed by atoms with Crippen LogP contribution in [-0.4, -0.2) is 11.5 Å². The second-order valence-corrected chi connectivity index (χ2v) is 4.89. The van der Waals surface area contributed by atoms with E-state index in [-0.39, 0.29) is 5.82 Å². The number of pyridine rings is 1. The van der Waals surface area contributed by atoms with E-state index in [2.05, 4.69) is 22.4 Å². The van der Waals surface area contributed by atoms with Crippen molar-refractivity contribution in [2.45, 2.75) is 18.5 Å². The second-order valence-electron chi connectivity index (χ2n) is 4.89. The van der Waals surface area contributed by atoms with E-state index in [9.17, 15) is 13.2 Å². The molecule has 3 rings (SSSR count). The lowest BCUT2D eigenvalue weighted by Crippen LogP contribution is -2.24. The molecule has 20 heavy (non-hydrogen) atoms. The fourth-order valence-corrected chi connectivity index (χ4v) is 2.46. The highest BCUT2D eigenvalue weighted by Gasteiger charge is 2.32. The third-order valence-electron chi connectivity index (χ3n) is 3.53. The number of benzene rings is 1. The molecule has 1 aromatic heterocycles. The van der Waals surface area contributed by atoms with E-state index in [1.807, 2.05) is 12.1 Å². The molecule has 1 heterocycles. The van der Waals surface area contributed by atoms with Crippen LogP contribution >= 0.6 is 0 Å². The normalized spacial score (nSPS) is 17.2. The average molecular weight is 278 g/mol. The van der Waals surface area contributed by atoms with Gasteiger partial charge in [-0.15, -0.1) is 0 Å². The molecule has 1 aliphatic rings. The van der Waals surface area contributed by atoms with Gasteiger partial charge < -0.3 is 5.32 Å². The minimum Gasteiger partial charge on any atom is -0.369 e. The molecule has 2 aromatic rings. The van der Waals surface area contributed by atoms with Gasteiger partial charge >= 0.3 is 6.18 Å². The lowest BCUT2D eigenvalue weighted by molar-refractivity contribution is -0.141. The maximum atomic E-state index is 12.6. The van der Waals surface area contributed by atoms with Crippen LogP contribution in [0.3, 0.4) is 0 Å². The number of halogens is 3. The fourth-order valence-electron chi connectivity index (χ4n) is 2.46. The zero-order valence-corrected chi connectivity index (χ0v) is 10.6. The van der Waals surface area contributed by atoms with Crippen molar-refractivity contribution < 1.29 is 13.2 Å². The Morgan fingerprint density at radius 2 is 1.90 bits per heavy atom. The summed E-state index contributed by atoms with van der Waals surface area (Å²) in [6.07, 6.45) is -3.44. The molecule has 0 saturated heterocycles. The summed E-state index contributed by atoms with van der Waals surface area (Å²) in [5.41, 5.74) is 1.72. The lowest BCUT2D eigenvalue weighted by Gasteiger charge is -2.30. The minimum absolute atomic E-state index is 0.268. The Balaban J connectivity index is 1.66. The monoisotopic (exact) mass is 278 g/mol. The molecule has 2 nitrogen and oxygen atoms in total. The van der Waals surface area contributed by atoms with Gasteiger partial charge in [0.2, 0.25) is 0 Å². The van der Waals surface area contributed by atoms with E-state index in [1.165, 1.54) is 17.2 Å². The number of hydrogen-bond donors (Lipinski definition) is 1. The zero-order chi connectivity index (χ0) is 14.2. The molecule has 0 amide bonds. The number of hydrogen-bond acceptors (Lipinski definition) is 2. The van der Waals surface area contributed by atoms with Crippen LogP contribution in [0.5, 0.6) is 0 Å². The zero-order valence-electron chi connectivity index (χ0n) is 10.6. The van der Waals surface area contributed by atoms with Crippen LogP contribution in [0, 0.1) is 0 Å². The molecule has 1 N–H and O–H groups in total. The topological polar surface area (TPSA) is 24.9 Å². The van der Waals surface area contributed by atoms with Gasteiger partial charge in [-0.05, 0) is 29.7 Å². The predicted octanol–water partition coefficient (Wildman–Crippen LogP) is 3.85. The summed E-state index contributed by atoms with van der Waals surface area (Å²) in [6, 6.07) is 12.0. The maximum absolute atomic E-state index is 12.6. The average Bonchev–Trinajstić information content (AvgIpc) is 2.39. The van der Waals surface area contributed by atoms with Crippen LogP contribution < -0.4 is 5.32 Å². The molecule has 0 bridgehead atoms. The molecule has 0 radical (unpaired) electrons. The Labute approximate surface area is 114 Å². The van der Waals surface area contributed by atoms with Crippen molar-refractivity contribution in [2.75, 3.05) is 11.9 Å². The number of anilines is 1. The molecule has 5 heteroatoms. The Kier molecular flexibility index (Phi) is 3.12. The number of aromatic nitrogens is 1. The first-order valence-electron chi connectivity index (χ1n) is 6.40. The molecule has 1 unspecified atom stereocenters. The quantitative estimate of drug-likeness (QED) is 0.922. The van der Waals surface area contributed by atoms with Crippen LogP contribution in [0.2, 0.25) is 0 Å². The molecule has 0 spiro atoms. The van der Waals surface area contributed by atoms with E-state index in [0.29, 0.717) is 12.5 Å². The number of nitrogens with one attached hydrogen (secondary N) is 1. The van der Waals surface area contributed by atoms with Crippen LogP contribution in [0.15, 0.2) is 42.5 Å². The number of fused-ring (bicyclic) bond motifs is 1. The molecule has 1 atom stereocenters. The first kappa shape index (κ1) is 13.0. The van der Waals surface area contributed by atoms with Crippen LogP contribution in [0.4, 0.5) is 19.0 Å². The number of alkyl halides is 3. The lowest BCUT2D eigenvalue weighted by atomic mass is 9.77. The maximum Gasteiger partial charge on any atom is 0.433 e. The molecular formula is C15H13F3N2. The number of nitrogens with zero attached hydrogens (tertiary/aromatic N) is 1. The van der Waals surface area contributed by atoms with E-state index in [0.717, 1.165) is 12.5 Å². The highest BCUT2D eigenvalue weighted by atomic mass is 19.4. The SMILES string of the molecule is FC(F)(F)c1cccc(NCC2Cc3ccccc32)n1. The summed E-state index contributed by atoms with van der Waals surface area (Å²) >= 11 is 0. The summed E-state index contributed by atoms with van der Waals surface area (Å²) in [7, 11) is 0. The molecule has 0 aliphatic heterocycles. The van der Waals surface area contributed by atoms with Crippen LogP contribution in [0.1, 0.15) is 22.7 Å². The molecule has 104 valence electrons. The molecule has 0 saturated carbocycles. The third-order valence-corrected chi connectivity index (χ3v) is 3.53. The van der Waals surface area contributed by atoms with Crippen LogP contribution in [0.25, 0.3) is 0 Å². The smallest absolute Gasteiger partial charge is 0.369 e. The van der Waals surface area contributed by atoms with E-state index in [4.69, 9.17) is 0 Å². The summed E-state index contributed by atoms with van der Waals surface area (Å²) in [4.78, 5) is 3.59. The summed E-state index contributed by atoms with van der Waals surface area (Å²) in [5.74, 6) is 0.617. The molecule has 0 fully saturated rings. The standard InChI is InChI=1S/C15H13F3N2/c16-15(17,18)13-6-3-7-14(20-13)19-9-11-8-10-4-1-2-5-12(10)11/h1-7,11H,8-9H2,(H,19,20). The number of rotatable bonds is 3. The van der Waals surface area contributed by atoms with Crippen molar-refractivity contribution in [3.05, 3.63) is 59.3 Å². The van der Waals surface area contributed by atoms with Gasteiger partial charge in [0.15, 0.2) is 0 Å². The second kappa shape index (κ2) is 4.81.